The van der Waals surface area contributed by atoms with Crippen LogP contribution in [-0.4, -0.2) is 27.4 Å². The van der Waals surface area contributed by atoms with Gasteiger partial charge in [-0.1, -0.05) is 23.8 Å². The number of hydrogen-bond donors (Lipinski definition) is 2. The summed E-state index contributed by atoms with van der Waals surface area (Å²) in [4.78, 5) is 24.5. The van der Waals surface area contributed by atoms with E-state index in [1.807, 2.05) is 6.92 Å². The maximum absolute atomic E-state index is 12.6. The number of esters is 1. The molecule has 8 heteroatoms. The van der Waals surface area contributed by atoms with Crippen LogP contribution in [0.4, 0.5) is 11.4 Å². The first-order chi connectivity index (χ1) is 14.7. The van der Waals surface area contributed by atoms with Gasteiger partial charge in [-0.05, 0) is 67.9 Å². The number of methoxy groups -OCH3 is 1. The molecule has 0 aromatic heterocycles. The standard InChI is InChI=1S/C23H22N2O5S/c1-15-4-12-20(13-5-15)31(28,29)25-19-10-8-17(9-11-19)22(26)24-21-14-18(23(27)30-3)7-6-16(21)2/h4-14,25H,1-3H3,(H,24,26). The maximum Gasteiger partial charge on any atom is 0.337 e. The second-order valence-corrected chi connectivity index (χ2v) is 8.65. The molecule has 3 rings (SSSR count). The Kier molecular flexibility index (Phi) is 6.41. The third-order valence-electron chi connectivity index (χ3n) is 4.64. The highest BCUT2D eigenvalue weighted by Gasteiger charge is 2.15. The number of sulfonamides is 1. The van der Waals surface area contributed by atoms with Crippen molar-refractivity contribution >= 4 is 33.3 Å². The number of rotatable bonds is 6. The number of benzene rings is 3. The molecular weight excluding hydrogens is 416 g/mol. The highest BCUT2D eigenvalue weighted by molar-refractivity contribution is 7.92. The smallest absolute Gasteiger partial charge is 0.337 e. The van der Waals surface area contributed by atoms with Crippen LogP contribution in [0.15, 0.2) is 71.6 Å². The lowest BCUT2D eigenvalue weighted by Crippen LogP contribution is -2.15. The van der Waals surface area contributed by atoms with Crippen molar-refractivity contribution in [3.05, 3.63) is 89.0 Å². The van der Waals surface area contributed by atoms with Gasteiger partial charge in [0.2, 0.25) is 0 Å². The Bertz CT molecular complexity index is 1220. The molecule has 0 saturated heterocycles. The van der Waals surface area contributed by atoms with Crippen LogP contribution in [0.3, 0.4) is 0 Å². The SMILES string of the molecule is COC(=O)c1ccc(C)c(NC(=O)c2ccc(NS(=O)(=O)c3ccc(C)cc3)cc2)c1. The van der Waals surface area contributed by atoms with E-state index in [2.05, 4.69) is 10.0 Å². The fourth-order valence-electron chi connectivity index (χ4n) is 2.82. The summed E-state index contributed by atoms with van der Waals surface area (Å²) in [7, 11) is -2.44. The average molecular weight is 439 g/mol. The highest BCUT2D eigenvalue weighted by Crippen LogP contribution is 2.20. The molecule has 0 heterocycles. The molecule has 2 N–H and O–H groups in total. The van der Waals surface area contributed by atoms with Crippen LogP contribution in [0.1, 0.15) is 31.8 Å². The number of carbonyl (C=O) groups is 2. The zero-order valence-electron chi connectivity index (χ0n) is 17.3. The Morgan fingerprint density at radius 1 is 0.839 bits per heavy atom. The zero-order valence-corrected chi connectivity index (χ0v) is 18.1. The van der Waals surface area contributed by atoms with Gasteiger partial charge in [0, 0.05) is 16.9 Å². The second-order valence-electron chi connectivity index (χ2n) is 6.97. The van der Waals surface area contributed by atoms with Crippen LogP contribution in [0.2, 0.25) is 0 Å². The first-order valence-electron chi connectivity index (χ1n) is 9.39. The molecule has 31 heavy (non-hydrogen) atoms. The molecule has 0 radical (unpaired) electrons. The van der Waals surface area contributed by atoms with E-state index in [4.69, 9.17) is 4.74 Å². The monoisotopic (exact) mass is 438 g/mol. The summed E-state index contributed by atoms with van der Waals surface area (Å²) in [6.45, 7) is 3.68. The molecule has 0 atom stereocenters. The van der Waals surface area contributed by atoms with Gasteiger partial charge < -0.3 is 10.1 Å². The summed E-state index contributed by atoms with van der Waals surface area (Å²) in [5.41, 5.74) is 3.22. The van der Waals surface area contributed by atoms with Crippen molar-refractivity contribution in [3.8, 4) is 0 Å². The van der Waals surface area contributed by atoms with Gasteiger partial charge >= 0.3 is 5.97 Å². The normalized spacial score (nSPS) is 10.9. The number of carbonyl (C=O) groups excluding carboxylic acids is 2. The topological polar surface area (TPSA) is 102 Å². The molecule has 0 aliphatic heterocycles. The van der Waals surface area contributed by atoms with Crippen molar-refractivity contribution in [3.63, 3.8) is 0 Å². The summed E-state index contributed by atoms with van der Waals surface area (Å²) in [6.07, 6.45) is 0. The molecule has 160 valence electrons. The van der Waals surface area contributed by atoms with Crippen molar-refractivity contribution in [2.45, 2.75) is 18.7 Å². The molecule has 3 aromatic rings. The first-order valence-corrected chi connectivity index (χ1v) is 10.9. The van der Waals surface area contributed by atoms with Gasteiger partial charge in [0.25, 0.3) is 15.9 Å². The minimum Gasteiger partial charge on any atom is -0.465 e. The lowest BCUT2D eigenvalue weighted by atomic mass is 10.1. The molecule has 7 nitrogen and oxygen atoms in total. The molecule has 0 aliphatic carbocycles. The van der Waals surface area contributed by atoms with Crippen molar-refractivity contribution < 1.29 is 22.7 Å². The summed E-state index contributed by atoms with van der Waals surface area (Å²) >= 11 is 0. The van der Waals surface area contributed by atoms with E-state index in [0.717, 1.165) is 11.1 Å². The molecule has 1 amide bonds. The van der Waals surface area contributed by atoms with Crippen molar-refractivity contribution in [2.75, 3.05) is 17.1 Å². The van der Waals surface area contributed by atoms with Gasteiger partial charge in [0.15, 0.2) is 0 Å². The number of amides is 1. The van der Waals surface area contributed by atoms with Crippen LogP contribution < -0.4 is 10.0 Å². The van der Waals surface area contributed by atoms with Gasteiger partial charge in [-0.3, -0.25) is 9.52 Å². The second kappa shape index (κ2) is 9.01. The van der Waals surface area contributed by atoms with Gasteiger partial charge in [0.1, 0.15) is 0 Å². The van der Waals surface area contributed by atoms with Crippen LogP contribution in [0, 0.1) is 13.8 Å². The molecule has 3 aromatic carbocycles. The molecular formula is C23H22N2O5S. The summed E-state index contributed by atoms with van der Waals surface area (Å²) in [5.74, 6) is -0.890. The van der Waals surface area contributed by atoms with Crippen LogP contribution in [0.5, 0.6) is 0 Å². The molecule has 0 aliphatic rings. The fraction of sp³-hybridized carbons (Fsp3) is 0.130. The molecule has 0 saturated carbocycles. The summed E-state index contributed by atoms with van der Waals surface area (Å²) in [5, 5.41) is 2.76. The van der Waals surface area contributed by atoms with E-state index in [1.165, 1.54) is 43.5 Å². The number of nitrogens with one attached hydrogen (secondary N) is 2. The Hall–Kier alpha value is -3.65. The number of hydrogen-bond acceptors (Lipinski definition) is 5. The van der Waals surface area contributed by atoms with Gasteiger partial charge in [-0.25, -0.2) is 13.2 Å². The van der Waals surface area contributed by atoms with Crippen LogP contribution >= 0.6 is 0 Å². The van der Waals surface area contributed by atoms with Crippen LogP contribution in [0.25, 0.3) is 0 Å². The average Bonchev–Trinajstić information content (AvgIpc) is 2.75. The third-order valence-corrected chi connectivity index (χ3v) is 6.03. The van der Waals surface area contributed by atoms with E-state index in [1.54, 1.807) is 37.3 Å². The molecule has 0 unspecified atom stereocenters. The largest absolute Gasteiger partial charge is 0.465 e. The first kappa shape index (κ1) is 22.0. The summed E-state index contributed by atoms with van der Waals surface area (Å²) < 4.78 is 32.2. The zero-order chi connectivity index (χ0) is 22.6. The van der Waals surface area contributed by atoms with Gasteiger partial charge in [-0.15, -0.1) is 0 Å². The number of aryl methyl sites for hydroxylation is 2. The number of anilines is 2. The lowest BCUT2D eigenvalue weighted by Gasteiger charge is -2.11. The summed E-state index contributed by atoms with van der Waals surface area (Å²) in [6, 6.07) is 17.4. The third kappa shape index (κ3) is 5.29. The minimum atomic E-state index is -3.73. The Morgan fingerprint density at radius 3 is 2.06 bits per heavy atom. The predicted octanol–water partition coefficient (Wildman–Crippen LogP) is 4.14. The Labute approximate surface area is 181 Å². The minimum absolute atomic E-state index is 0.154. The Morgan fingerprint density at radius 2 is 1.45 bits per heavy atom. The Balaban J connectivity index is 1.73. The molecule has 0 bridgehead atoms. The quantitative estimate of drug-likeness (QED) is 0.563. The fourth-order valence-corrected chi connectivity index (χ4v) is 3.88. The van der Waals surface area contributed by atoms with E-state index in [0.29, 0.717) is 22.5 Å². The van der Waals surface area contributed by atoms with E-state index in [-0.39, 0.29) is 4.90 Å². The molecule has 0 spiro atoms. The van der Waals surface area contributed by atoms with Crippen molar-refractivity contribution in [2.24, 2.45) is 0 Å². The van der Waals surface area contributed by atoms with Crippen LogP contribution in [-0.2, 0) is 14.8 Å². The van der Waals surface area contributed by atoms with Gasteiger partial charge in [0.05, 0.1) is 17.6 Å². The van der Waals surface area contributed by atoms with Crippen molar-refractivity contribution in [1.29, 1.82) is 0 Å². The maximum atomic E-state index is 12.6. The highest BCUT2D eigenvalue weighted by atomic mass is 32.2. The predicted molar refractivity (Wildman–Crippen MR) is 119 cm³/mol. The lowest BCUT2D eigenvalue weighted by molar-refractivity contribution is 0.0600. The van der Waals surface area contributed by atoms with E-state index in [9.17, 15) is 18.0 Å². The van der Waals surface area contributed by atoms with Crippen molar-refractivity contribution in [1.82, 2.24) is 0 Å². The number of ether oxygens (including phenoxy) is 1. The van der Waals surface area contributed by atoms with Gasteiger partial charge in [-0.2, -0.15) is 0 Å². The van der Waals surface area contributed by atoms with E-state index < -0.39 is 21.9 Å². The molecule has 0 fully saturated rings. The van der Waals surface area contributed by atoms with E-state index >= 15 is 0 Å².